The molecule has 0 amide bonds. The van der Waals surface area contributed by atoms with Crippen molar-refractivity contribution in [2.24, 2.45) is 0 Å². The van der Waals surface area contributed by atoms with E-state index in [0.717, 1.165) is 41.7 Å². The number of benzene rings is 2. The standard InChI is InChI=1S/C23H19ClN2O3/c24-17-9-7-15(8-10-17)14-29-18-4-1-3-16(11-18)19-5-2-6-20(19)21-12-25-13-22(26-21)23(27)28/h1,3-4,7-13H,2,5-6,14H2,(H,27,28). The average molecular weight is 407 g/mol. The number of carbonyl (C=O) groups is 1. The molecule has 2 aromatic carbocycles. The minimum atomic E-state index is -1.07. The Labute approximate surface area is 173 Å². The van der Waals surface area contributed by atoms with E-state index < -0.39 is 5.97 Å². The molecule has 1 aliphatic carbocycles. The van der Waals surface area contributed by atoms with Crippen LogP contribution >= 0.6 is 11.6 Å². The van der Waals surface area contributed by atoms with Crippen molar-refractivity contribution in [3.63, 3.8) is 0 Å². The number of ether oxygens (including phenoxy) is 1. The van der Waals surface area contributed by atoms with Crippen LogP contribution in [0, 0.1) is 0 Å². The van der Waals surface area contributed by atoms with Gasteiger partial charge in [0, 0.05) is 5.02 Å². The quantitative estimate of drug-likeness (QED) is 0.585. The van der Waals surface area contributed by atoms with Crippen LogP contribution in [-0.4, -0.2) is 21.0 Å². The number of aromatic carboxylic acids is 1. The SMILES string of the molecule is O=C(O)c1cncc(C2=C(c3cccc(OCc4ccc(Cl)cc4)c3)CCC2)n1. The molecule has 0 fully saturated rings. The molecule has 1 N–H and O–H groups in total. The lowest BCUT2D eigenvalue weighted by atomic mass is 10.00. The van der Waals surface area contributed by atoms with E-state index in [9.17, 15) is 9.90 Å². The fourth-order valence-corrected chi connectivity index (χ4v) is 3.61. The molecular weight excluding hydrogens is 388 g/mol. The third-order valence-electron chi connectivity index (χ3n) is 4.88. The lowest BCUT2D eigenvalue weighted by Crippen LogP contribution is -2.03. The number of halogens is 1. The van der Waals surface area contributed by atoms with Gasteiger partial charge in [0.15, 0.2) is 5.69 Å². The van der Waals surface area contributed by atoms with Crippen LogP contribution in [0.3, 0.4) is 0 Å². The van der Waals surface area contributed by atoms with Crippen LogP contribution < -0.4 is 4.74 Å². The van der Waals surface area contributed by atoms with Crippen LogP contribution in [0.1, 0.15) is 46.6 Å². The van der Waals surface area contributed by atoms with Crippen molar-refractivity contribution in [1.82, 2.24) is 9.97 Å². The molecular formula is C23H19ClN2O3. The Hall–Kier alpha value is -3.18. The molecule has 4 rings (SSSR count). The van der Waals surface area contributed by atoms with Crippen molar-refractivity contribution in [2.45, 2.75) is 25.9 Å². The van der Waals surface area contributed by atoms with Crippen LogP contribution in [0.15, 0.2) is 60.9 Å². The first-order valence-corrected chi connectivity index (χ1v) is 9.73. The van der Waals surface area contributed by atoms with Gasteiger partial charge in [-0.3, -0.25) is 4.98 Å². The number of rotatable bonds is 6. The smallest absolute Gasteiger partial charge is 0.356 e. The molecule has 0 radical (unpaired) electrons. The van der Waals surface area contributed by atoms with Gasteiger partial charge in [0.25, 0.3) is 0 Å². The Balaban J connectivity index is 1.59. The summed E-state index contributed by atoms with van der Waals surface area (Å²) in [6, 6.07) is 15.5. The Kier molecular flexibility index (Phi) is 5.58. The largest absolute Gasteiger partial charge is 0.489 e. The van der Waals surface area contributed by atoms with E-state index in [1.165, 1.54) is 11.8 Å². The Morgan fingerprint density at radius 1 is 1.07 bits per heavy atom. The van der Waals surface area contributed by atoms with Crippen molar-refractivity contribution in [1.29, 1.82) is 0 Å². The first kappa shape index (κ1) is 19.2. The third-order valence-corrected chi connectivity index (χ3v) is 5.13. The van der Waals surface area contributed by atoms with Crippen molar-refractivity contribution < 1.29 is 14.6 Å². The minimum absolute atomic E-state index is 0.0405. The summed E-state index contributed by atoms with van der Waals surface area (Å²) in [6.07, 6.45) is 5.66. The summed E-state index contributed by atoms with van der Waals surface area (Å²) in [5.74, 6) is -0.293. The van der Waals surface area contributed by atoms with E-state index in [2.05, 4.69) is 9.97 Å². The number of carboxylic acid groups (broad SMARTS) is 1. The molecule has 5 nitrogen and oxygen atoms in total. The van der Waals surface area contributed by atoms with Crippen LogP contribution in [0.2, 0.25) is 5.02 Å². The molecule has 0 bridgehead atoms. The number of nitrogens with zero attached hydrogens (tertiary/aromatic N) is 2. The second-order valence-corrected chi connectivity index (χ2v) is 7.28. The lowest BCUT2D eigenvalue weighted by molar-refractivity contribution is 0.0690. The zero-order valence-electron chi connectivity index (χ0n) is 15.6. The fraction of sp³-hybridized carbons (Fsp3) is 0.174. The molecule has 146 valence electrons. The zero-order chi connectivity index (χ0) is 20.2. The monoisotopic (exact) mass is 406 g/mol. The molecule has 29 heavy (non-hydrogen) atoms. The van der Waals surface area contributed by atoms with E-state index in [4.69, 9.17) is 16.3 Å². The van der Waals surface area contributed by atoms with Crippen LogP contribution in [0.25, 0.3) is 11.1 Å². The summed E-state index contributed by atoms with van der Waals surface area (Å²) in [7, 11) is 0. The molecule has 0 spiro atoms. The molecule has 0 atom stereocenters. The van der Waals surface area contributed by atoms with E-state index in [-0.39, 0.29) is 5.69 Å². The van der Waals surface area contributed by atoms with Crippen LogP contribution in [0.4, 0.5) is 0 Å². The Morgan fingerprint density at radius 2 is 1.86 bits per heavy atom. The van der Waals surface area contributed by atoms with Crippen LogP contribution in [-0.2, 0) is 6.61 Å². The van der Waals surface area contributed by atoms with Crippen LogP contribution in [0.5, 0.6) is 5.75 Å². The van der Waals surface area contributed by atoms with Crippen molar-refractivity contribution in [2.75, 3.05) is 0 Å². The summed E-state index contributed by atoms with van der Waals surface area (Å²) >= 11 is 5.93. The summed E-state index contributed by atoms with van der Waals surface area (Å²) in [5, 5.41) is 9.90. The molecule has 0 saturated heterocycles. The minimum Gasteiger partial charge on any atom is -0.489 e. The number of aromatic nitrogens is 2. The van der Waals surface area contributed by atoms with Gasteiger partial charge in [-0.1, -0.05) is 35.9 Å². The van der Waals surface area contributed by atoms with Gasteiger partial charge in [-0.2, -0.15) is 0 Å². The number of hydrogen-bond donors (Lipinski definition) is 1. The number of hydrogen-bond acceptors (Lipinski definition) is 4. The predicted octanol–water partition coefficient (Wildman–Crippen LogP) is 5.50. The molecule has 0 aliphatic heterocycles. The van der Waals surface area contributed by atoms with Crippen molar-refractivity contribution >= 4 is 28.7 Å². The maximum atomic E-state index is 11.2. The molecule has 1 aromatic heterocycles. The molecule has 1 aliphatic rings. The fourth-order valence-electron chi connectivity index (χ4n) is 3.48. The number of carboxylic acids is 1. The molecule has 6 heteroatoms. The Morgan fingerprint density at radius 3 is 2.66 bits per heavy atom. The summed E-state index contributed by atoms with van der Waals surface area (Å²) in [4.78, 5) is 19.6. The van der Waals surface area contributed by atoms with Gasteiger partial charge in [0.05, 0.1) is 18.1 Å². The highest BCUT2D eigenvalue weighted by atomic mass is 35.5. The third kappa shape index (κ3) is 4.46. The van der Waals surface area contributed by atoms with Gasteiger partial charge in [-0.05, 0) is 65.8 Å². The lowest BCUT2D eigenvalue weighted by Gasteiger charge is -2.11. The predicted molar refractivity (Wildman–Crippen MR) is 112 cm³/mol. The summed E-state index contributed by atoms with van der Waals surface area (Å²) in [5.41, 5.74) is 4.91. The first-order valence-electron chi connectivity index (χ1n) is 9.35. The highest BCUT2D eigenvalue weighted by Crippen LogP contribution is 2.39. The maximum Gasteiger partial charge on any atom is 0.356 e. The van der Waals surface area contributed by atoms with Crippen molar-refractivity contribution in [3.05, 3.63) is 88.5 Å². The van der Waals surface area contributed by atoms with E-state index in [1.807, 2.05) is 48.5 Å². The normalized spacial score (nSPS) is 13.6. The van der Waals surface area contributed by atoms with Gasteiger partial charge < -0.3 is 9.84 Å². The van der Waals surface area contributed by atoms with E-state index in [0.29, 0.717) is 17.3 Å². The molecule has 1 heterocycles. The molecule has 0 saturated carbocycles. The van der Waals surface area contributed by atoms with Crippen molar-refractivity contribution in [3.8, 4) is 5.75 Å². The number of allylic oxidation sites excluding steroid dienone is 2. The topological polar surface area (TPSA) is 72.3 Å². The second kappa shape index (κ2) is 8.45. The van der Waals surface area contributed by atoms with E-state index >= 15 is 0 Å². The van der Waals surface area contributed by atoms with E-state index in [1.54, 1.807) is 6.20 Å². The zero-order valence-corrected chi connectivity index (χ0v) is 16.4. The first-order chi connectivity index (χ1) is 14.1. The Bertz CT molecular complexity index is 1080. The van der Waals surface area contributed by atoms with Gasteiger partial charge in [0.2, 0.25) is 0 Å². The molecule has 3 aromatic rings. The highest BCUT2D eigenvalue weighted by Gasteiger charge is 2.20. The molecule has 0 unspecified atom stereocenters. The second-order valence-electron chi connectivity index (χ2n) is 6.85. The highest BCUT2D eigenvalue weighted by molar-refractivity contribution is 6.30. The summed E-state index contributed by atoms with van der Waals surface area (Å²) < 4.78 is 5.95. The van der Waals surface area contributed by atoms with Gasteiger partial charge in [0.1, 0.15) is 12.4 Å². The average Bonchev–Trinajstić information content (AvgIpc) is 3.24. The van der Waals surface area contributed by atoms with Gasteiger partial charge in [-0.25, -0.2) is 9.78 Å². The summed E-state index contributed by atoms with van der Waals surface area (Å²) in [6.45, 7) is 0.457. The maximum absolute atomic E-state index is 11.2. The van der Waals surface area contributed by atoms with Gasteiger partial charge >= 0.3 is 5.97 Å². The van der Waals surface area contributed by atoms with Gasteiger partial charge in [-0.15, -0.1) is 0 Å².